The molecular formula is C34H28F3NO6. The van der Waals surface area contributed by atoms with E-state index in [0.717, 1.165) is 17.7 Å². The number of alkyl halides is 3. The number of hydrogen-bond donors (Lipinski definition) is 3. The summed E-state index contributed by atoms with van der Waals surface area (Å²) in [5, 5.41) is 22.3. The highest BCUT2D eigenvalue weighted by Crippen LogP contribution is 2.57. The van der Waals surface area contributed by atoms with Gasteiger partial charge in [-0.2, -0.15) is 13.2 Å². The molecule has 226 valence electrons. The fourth-order valence-electron chi connectivity index (χ4n) is 7.03. The molecular weight excluding hydrogens is 575 g/mol. The summed E-state index contributed by atoms with van der Waals surface area (Å²) in [5.74, 6) is -4.97. The number of allylic oxidation sites excluding steroid dienone is 2. The summed E-state index contributed by atoms with van der Waals surface area (Å²) in [6.07, 6.45) is -4.02. The van der Waals surface area contributed by atoms with Gasteiger partial charge < -0.3 is 20.7 Å². The van der Waals surface area contributed by atoms with E-state index in [4.69, 9.17) is 10.5 Å². The van der Waals surface area contributed by atoms with Crippen molar-refractivity contribution < 1.29 is 42.5 Å². The van der Waals surface area contributed by atoms with E-state index in [-0.39, 0.29) is 54.1 Å². The Bertz CT molecular complexity index is 1770. The zero-order valence-electron chi connectivity index (χ0n) is 23.6. The summed E-state index contributed by atoms with van der Waals surface area (Å²) >= 11 is 0. The van der Waals surface area contributed by atoms with Crippen LogP contribution in [0.2, 0.25) is 0 Å². The first-order chi connectivity index (χ1) is 20.8. The Morgan fingerprint density at radius 3 is 2.32 bits per heavy atom. The van der Waals surface area contributed by atoms with Crippen molar-refractivity contribution in [1.29, 1.82) is 0 Å². The van der Waals surface area contributed by atoms with Crippen molar-refractivity contribution in [2.45, 2.75) is 39.0 Å². The zero-order valence-corrected chi connectivity index (χ0v) is 23.6. The Kier molecular flexibility index (Phi) is 6.90. The van der Waals surface area contributed by atoms with Crippen LogP contribution < -0.4 is 5.73 Å². The Morgan fingerprint density at radius 1 is 1.00 bits per heavy atom. The average molecular weight is 604 g/mol. The third-order valence-corrected chi connectivity index (χ3v) is 8.93. The summed E-state index contributed by atoms with van der Waals surface area (Å²) in [4.78, 5) is 40.1. The number of primary amides is 1. The monoisotopic (exact) mass is 603 g/mol. The highest BCUT2D eigenvalue weighted by molar-refractivity contribution is 6.28. The SMILES string of the molecule is CC12Cc3c(-c4ccc(C(F)(F)F)cc4)ccc(O)c3C(O)=C1C(=O)C1C(=O)C(C(N)=O)=C(OCc3ccccc3)CC1C2. The van der Waals surface area contributed by atoms with E-state index in [1.54, 1.807) is 13.0 Å². The number of benzene rings is 3. The van der Waals surface area contributed by atoms with Gasteiger partial charge in [-0.25, -0.2) is 0 Å². The first-order valence-electron chi connectivity index (χ1n) is 14.0. The highest BCUT2D eigenvalue weighted by atomic mass is 19.4. The lowest BCUT2D eigenvalue weighted by Crippen LogP contribution is -2.50. The van der Waals surface area contributed by atoms with E-state index < -0.39 is 52.2 Å². The van der Waals surface area contributed by atoms with Crippen molar-refractivity contribution in [1.82, 2.24) is 0 Å². The van der Waals surface area contributed by atoms with Crippen LogP contribution >= 0.6 is 0 Å². The molecule has 6 rings (SSSR count). The van der Waals surface area contributed by atoms with Gasteiger partial charge in [0.15, 0.2) is 11.6 Å². The molecule has 3 aliphatic carbocycles. The molecule has 0 aromatic heterocycles. The van der Waals surface area contributed by atoms with Gasteiger partial charge in [0.05, 0.1) is 17.0 Å². The van der Waals surface area contributed by atoms with Gasteiger partial charge in [-0.3, -0.25) is 14.4 Å². The van der Waals surface area contributed by atoms with Gasteiger partial charge in [0.1, 0.15) is 29.4 Å². The van der Waals surface area contributed by atoms with E-state index >= 15 is 0 Å². The molecule has 0 heterocycles. The molecule has 10 heteroatoms. The zero-order chi connectivity index (χ0) is 31.6. The van der Waals surface area contributed by atoms with Crippen LogP contribution in [-0.4, -0.2) is 27.7 Å². The maximum atomic E-state index is 14.0. The smallest absolute Gasteiger partial charge is 0.416 e. The van der Waals surface area contributed by atoms with Crippen LogP contribution in [0.4, 0.5) is 13.2 Å². The number of hydrogen-bond acceptors (Lipinski definition) is 6. The minimum atomic E-state index is -4.51. The van der Waals surface area contributed by atoms with Gasteiger partial charge in [0.2, 0.25) is 0 Å². The number of aromatic hydroxyl groups is 1. The molecule has 7 nitrogen and oxygen atoms in total. The lowest BCUT2D eigenvalue weighted by molar-refractivity contribution is -0.138. The van der Waals surface area contributed by atoms with Crippen LogP contribution in [-0.2, 0) is 38.3 Å². The van der Waals surface area contributed by atoms with Crippen molar-refractivity contribution in [2.24, 2.45) is 23.0 Å². The maximum Gasteiger partial charge on any atom is 0.416 e. The first-order valence-corrected chi connectivity index (χ1v) is 14.0. The number of carbonyl (C=O) groups excluding carboxylic acids is 3. The second-order valence-electron chi connectivity index (χ2n) is 11.8. The lowest BCUT2D eigenvalue weighted by Gasteiger charge is -2.47. The number of ether oxygens (including phenoxy) is 1. The van der Waals surface area contributed by atoms with Crippen molar-refractivity contribution in [3.8, 4) is 16.9 Å². The van der Waals surface area contributed by atoms with Gasteiger partial charge in [-0.15, -0.1) is 0 Å². The number of nitrogens with two attached hydrogens (primary N) is 1. The van der Waals surface area contributed by atoms with Crippen LogP contribution in [0.15, 0.2) is 83.6 Å². The second kappa shape index (κ2) is 10.4. The summed E-state index contributed by atoms with van der Waals surface area (Å²) in [5.41, 5.74) is 5.57. The number of carbonyl (C=O) groups is 3. The summed E-state index contributed by atoms with van der Waals surface area (Å²) in [7, 11) is 0. The quantitative estimate of drug-likeness (QED) is 0.241. The van der Waals surface area contributed by atoms with Crippen LogP contribution in [0, 0.1) is 17.3 Å². The molecule has 3 aliphatic rings. The first kappa shape index (κ1) is 29.2. The normalized spacial score (nSPS) is 23.2. The summed E-state index contributed by atoms with van der Waals surface area (Å²) in [6.45, 7) is 1.86. The maximum absolute atomic E-state index is 14.0. The van der Waals surface area contributed by atoms with E-state index in [0.29, 0.717) is 16.7 Å². The fourth-order valence-corrected chi connectivity index (χ4v) is 7.03. The summed E-state index contributed by atoms with van der Waals surface area (Å²) < 4.78 is 45.5. The number of rotatable bonds is 5. The molecule has 0 saturated heterocycles. The molecule has 3 aromatic carbocycles. The highest BCUT2D eigenvalue weighted by Gasteiger charge is 2.56. The van der Waals surface area contributed by atoms with Crippen molar-refractivity contribution in [2.75, 3.05) is 0 Å². The Balaban J connectivity index is 1.41. The Labute approximate surface area is 250 Å². The molecule has 3 atom stereocenters. The lowest BCUT2D eigenvalue weighted by atomic mass is 9.54. The van der Waals surface area contributed by atoms with Crippen LogP contribution in [0.1, 0.15) is 42.0 Å². The summed E-state index contributed by atoms with van der Waals surface area (Å²) in [6, 6.07) is 16.6. The number of fused-ring (bicyclic) bond motifs is 3. The van der Waals surface area contributed by atoms with E-state index in [9.17, 15) is 37.8 Å². The minimum absolute atomic E-state index is 0.0116. The van der Waals surface area contributed by atoms with E-state index in [1.165, 1.54) is 18.2 Å². The number of phenols is 1. The predicted octanol–water partition coefficient (Wildman–Crippen LogP) is 6.04. The fraction of sp³-hybridized carbons (Fsp3) is 0.265. The number of ketones is 2. The largest absolute Gasteiger partial charge is 0.507 e. The Hall–Kier alpha value is -4.86. The molecule has 1 amide bonds. The van der Waals surface area contributed by atoms with Crippen molar-refractivity contribution in [3.05, 3.63) is 106 Å². The third kappa shape index (κ3) is 4.74. The van der Waals surface area contributed by atoms with E-state index in [2.05, 4.69) is 0 Å². The van der Waals surface area contributed by atoms with Gasteiger partial charge in [-0.1, -0.05) is 55.5 Å². The number of Topliss-reactive ketones (excluding diaryl/α,β-unsaturated/α-hetero) is 2. The number of phenolic OH excluding ortho intramolecular Hbond substituents is 1. The topological polar surface area (TPSA) is 127 Å². The number of aliphatic hydroxyl groups excluding tert-OH is 1. The van der Waals surface area contributed by atoms with Gasteiger partial charge in [0.25, 0.3) is 5.91 Å². The molecule has 0 aliphatic heterocycles. The van der Waals surface area contributed by atoms with Crippen LogP contribution in [0.5, 0.6) is 5.75 Å². The Morgan fingerprint density at radius 2 is 1.68 bits per heavy atom. The number of amides is 1. The minimum Gasteiger partial charge on any atom is -0.507 e. The predicted molar refractivity (Wildman–Crippen MR) is 154 cm³/mol. The number of halogens is 3. The van der Waals surface area contributed by atoms with Crippen molar-refractivity contribution in [3.63, 3.8) is 0 Å². The molecule has 1 saturated carbocycles. The van der Waals surface area contributed by atoms with Gasteiger partial charge in [-0.05, 0) is 59.2 Å². The van der Waals surface area contributed by atoms with Gasteiger partial charge in [0, 0.05) is 17.4 Å². The standard InChI is InChI=1S/C34H28F3NO6/c1-33-14-19-13-24(44-16-17-5-3-2-4-6-17)27(32(38)43)29(40)25(19)30(41)28(33)31(42)26-22(15-33)21(11-12-23(26)39)18-7-9-20(10-8-18)34(35,36)37/h2-12,19,25,39,42H,13-16H2,1H3,(H2,38,43). The second-order valence-corrected chi connectivity index (χ2v) is 11.8. The molecule has 4 N–H and O–H groups in total. The molecule has 0 spiro atoms. The molecule has 3 aromatic rings. The average Bonchev–Trinajstić information content (AvgIpc) is 2.95. The number of aliphatic hydroxyl groups is 1. The van der Waals surface area contributed by atoms with Crippen LogP contribution in [0.25, 0.3) is 16.9 Å². The third-order valence-electron chi connectivity index (χ3n) is 8.93. The van der Waals surface area contributed by atoms with E-state index in [1.807, 2.05) is 30.3 Å². The van der Waals surface area contributed by atoms with Crippen LogP contribution in [0.3, 0.4) is 0 Å². The molecule has 0 bridgehead atoms. The molecule has 0 radical (unpaired) electrons. The van der Waals surface area contributed by atoms with Gasteiger partial charge >= 0.3 is 6.18 Å². The van der Waals surface area contributed by atoms with Crippen molar-refractivity contribution >= 4 is 23.2 Å². The molecule has 3 unspecified atom stereocenters. The molecule has 1 fully saturated rings. The molecule has 44 heavy (non-hydrogen) atoms.